The van der Waals surface area contributed by atoms with E-state index in [2.05, 4.69) is 36.5 Å². The molecule has 16 heteroatoms. The SMILES string of the molecule is COc1c(C[C@H](NC(=O)C(NC(=O)c2ccc3ccnn3c2)c2ccc(P(=O)(OCc3ccccc3)OCc3ccccc3)cc2)B2O[C@@H]3C[C@@H]4C[C@@H](C4(C)C)[C@]3(C)O2)cccc1C(=O)OC(C)(C)C. The highest BCUT2D eigenvalue weighted by molar-refractivity contribution is 7.62. The van der Waals surface area contributed by atoms with Crippen molar-refractivity contribution in [2.24, 2.45) is 17.3 Å². The summed E-state index contributed by atoms with van der Waals surface area (Å²) in [5.41, 5.74) is 2.55. The fourth-order valence-electron chi connectivity index (χ4n) is 10.3. The third kappa shape index (κ3) is 10.1. The molecule has 3 aliphatic carbocycles. The predicted octanol–water partition coefficient (Wildman–Crippen LogP) is 9.02. The Morgan fingerprint density at radius 1 is 0.843 bits per heavy atom. The van der Waals surface area contributed by atoms with Crippen LogP contribution < -0.4 is 20.7 Å². The Morgan fingerprint density at radius 2 is 1.51 bits per heavy atom. The van der Waals surface area contributed by atoms with Gasteiger partial charge in [0.1, 0.15) is 23.0 Å². The van der Waals surface area contributed by atoms with Crippen molar-refractivity contribution in [2.75, 3.05) is 7.11 Å². The molecule has 2 N–H and O–H groups in total. The zero-order valence-electron chi connectivity index (χ0n) is 40.6. The molecule has 14 nitrogen and oxygen atoms in total. The van der Waals surface area contributed by atoms with Gasteiger partial charge < -0.3 is 38.5 Å². The van der Waals surface area contributed by atoms with E-state index in [-0.39, 0.29) is 53.5 Å². The minimum Gasteiger partial charge on any atom is -0.496 e. The molecule has 1 saturated heterocycles. The van der Waals surface area contributed by atoms with Gasteiger partial charge in [0.25, 0.3) is 5.91 Å². The molecule has 1 unspecified atom stereocenters. The summed E-state index contributed by atoms with van der Waals surface area (Å²) in [6, 6.07) is 34.4. The van der Waals surface area contributed by atoms with Crippen molar-refractivity contribution in [2.45, 2.75) is 103 Å². The zero-order chi connectivity index (χ0) is 49.4. The summed E-state index contributed by atoms with van der Waals surface area (Å²) in [5, 5.41) is 10.8. The third-order valence-electron chi connectivity index (χ3n) is 14.2. The number of para-hydroxylation sites is 1. The van der Waals surface area contributed by atoms with Crippen LogP contribution >= 0.6 is 7.60 Å². The molecule has 3 heterocycles. The van der Waals surface area contributed by atoms with E-state index in [4.69, 9.17) is 27.8 Å². The highest BCUT2D eigenvalue weighted by atomic mass is 31.2. The number of esters is 1. The van der Waals surface area contributed by atoms with Crippen LogP contribution in [0.1, 0.15) is 103 Å². The van der Waals surface area contributed by atoms with Gasteiger partial charge in [-0.25, -0.2) is 9.31 Å². The normalized spacial score (nSPS) is 21.2. The van der Waals surface area contributed by atoms with E-state index < -0.39 is 55.7 Å². The molecule has 2 amide bonds. The summed E-state index contributed by atoms with van der Waals surface area (Å²) in [7, 11) is -3.41. The molecule has 0 spiro atoms. The highest BCUT2D eigenvalue weighted by Crippen LogP contribution is 2.66. The number of nitrogens with one attached hydrogen (secondary N) is 2. The second-order valence-corrected chi connectivity index (χ2v) is 22.3. The molecule has 6 aromatic rings. The number of pyridine rings is 1. The minimum atomic E-state index is -3.98. The monoisotopic (exact) mass is 966 g/mol. The fraction of sp³-hybridized carbons (Fsp3) is 0.370. The summed E-state index contributed by atoms with van der Waals surface area (Å²) in [4.78, 5) is 43.0. The largest absolute Gasteiger partial charge is 0.496 e. The number of benzene rings is 4. The summed E-state index contributed by atoms with van der Waals surface area (Å²) in [5.74, 6) is -1.52. The van der Waals surface area contributed by atoms with Crippen molar-refractivity contribution in [1.29, 1.82) is 0 Å². The van der Waals surface area contributed by atoms with Crippen LogP contribution in [0.25, 0.3) is 5.52 Å². The molecule has 4 fully saturated rings. The smallest absolute Gasteiger partial charge is 0.482 e. The highest BCUT2D eigenvalue weighted by Gasteiger charge is 2.68. The van der Waals surface area contributed by atoms with Crippen LogP contribution in [0.2, 0.25) is 0 Å². The first-order chi connectivity index (χ1) is 33.4. The standard InChI is InChI=1S/C54H60BN4O10P/c1-52(2,3)67-51(62)43-20-14-19-38(48(43)64-7)29-46(55-68-45-31-40-30-44(53(40,4)5)54(45,6)69-55)57-50(61)47(58-49(60)39-21-24-41-27-28-56-59(41)32-39)37-22-25-42(26-23-37)70(63,65-33-35-15-10-8-11-16-35)66-34-36-17-12-9-13-18-36/h8-28,32,40,44-47H,29-31,33-34H2,1-7H3,(H,57,61)(H,58,60)/t40-,44-,45+,46-,47?,54-/m0/s1. The minimum absolute atomic E-state index is 0.0211. The first kappa shape index (κ1) is 48.9. The van der Waals surface area contributed by atoms with Crippen LogP contribution in [0.3, 0.4) is 0 Å². The van der Waals surface area contributed by atoms with Crippen molar-refractivity contribution < 1.29 is 46.8 Å². The van der Waals surface area contributed by atoms with E-state index in [1.165, 1.54) is 7.11 Å². The van der Waals surface area contributed by atoms with Gasteiger partial charge in [-0.1, -0.05) is 98.8 Å². The number of methoxy groups -OCH3 is 1. The molecule has 2 aromatic heterocycles. The molecular weight excluding hydrogens is 906 g/mol. The fourth-order valence-corrected chi connectivity index (χ4v) is 11.9. The quantitative estimate of drug-likeness (QED) is 0.0509. The molecule has 6 atom stereocenters. The van der Waals surface area contributed by atoms with Crippen molar-refractivity contribution in [3.8, 4) is 5.75 Å². The van der Waals surface area contributed by atoms with E-state index in [1.807, 2.05) is 72.8 Å². The molecule has 4 aliphatic rings. The van der Waals surface area contributed by atoms with Gasteiger partial charge in [-0.05, 0) is 123 Å². The van der Waals surface area contributed by atoms with Crippen LogP contribution in [0.5, 0.6) is 5.75 Å². The van der Waals surface area contributed by atoms with E-state index in [0.29, 0.717) is 22.8 Å². The maximum atomic E-state index is 15.2. The Hall–Kier alpha value is -6.09. The second-order valence-electron chi connectivity index (χ2n) is 20.3. The lowest BCUT2D eigenvalue weighted by Gasteiger charge is -2.64. The Morgan fingerprint density at radius 3 is 2.14 bits per heavy atom. The lowest BCUT2D eigenvalue weighted by atomic mass is 9.43. The number of aromatic nitrogens is 2. The molecular formula is C54H60BN4O10P. The van der Waals surface area contributed by atoms with E-state index >= 15 is 4.79 Å². The Labute approximate surface area is 409 Å². The van der Waals surface area contributed by atoms with Crippen molar-refractivity contribution >= 4 is 43.3 Å². The van der Waals surface area contributed by atoms with Crippen molar-refractivity contribution in [3.63, 3.8) is 0 Å². The molecule has 2 bridgehead atoms. The Kier molecular flexibility index (Phi) is 13.7. The van der Waals surface area contributed by atoms with E-state index in [0.717, 1.165) is 29.5 Å². The molecule has 4 aromatic carbocycles. The third-order valence-corrected chi connectivity index (χ3v) is 16.1. The summed E-state index contributed by atoms with van der Waals surface area (Å²) in [6.45, 7) is 12.1. The van der Waals surface area contributed by atoms with Gasteiger partial charge in [-0.3, -0.25) is 14.2 Å². The number of hydrogen-bond donors (Lipinski definition) is 2. The zero-order valence-corrected chi connectivity index (χ0v) is 41.5. The molecule has 3 saturated carbocycles. The molecule has 0 radical (unpaired) electrons. The molecule has 70 heavy (non-hydrogen) atoms. The number of carbonyl (C=O) groups is 3. The summed E-state index contributed by atoms with van der Waals surface area (Å²) >= 11 is 0. The first-order valence-electron chi connectivity index (χ1n) is 23.8. The van der Waals surface area contributed by atoms with Gasteiger partial charge >= 0.3 is 20.7 Å². The summed E-state index contributed by atoms with van der Waals surface area (Å²) in [6.07, 6.45) is 4.96. The maximum absolute atomic E-state index is 15.2. The van der Waals surface area contributed by atoms with Gasteiger partial charge in [-0.2, -0.15) is 5.10 Å². The summed E-state index contributed by atoms with van der Waals surface area (Å²) < 4.78 is 54.1. The average molecular weight is 967 g/mol. The maximum Gasteiger partial charge on any atom is 0.482 e. The lowest BCUT2D eigenvalue weighted by Crippen LogP contribution is -2.65. The van der Waals surface area contributed by atoms with Gasteiger partial charge in [0.05, 0.1) is 54.4 Å². The lowest BCUT2D eigenvalue weighted by molar-refractivity contribution is -0.199. The number of amides is 2. The number of fused-ring (bicyclic) bond motifs is 1. The van der Waals surface area contributed by atoms with Crippen LogP contribution in [-0.2, 0) is 52.1 Å². The molecule has 1 aliphatic heterocycles. The van der Waals surface area contributed by atoms with Gasteiger partial charge in [0.2, 0.25) is 5.91 Å². The number of ether oxygens (including phenoxy) is 2. The Bertz CT molecular complexity index is 2860. The topological polar surface area (TPSA) is 165 Å². The van der Waals surface area contributed by atoms with Gasteiger partial charge in [-0.15, -0.1) is 0 Å². The number of carbonyl (C=O) groups excluding carboxylic acids is 3. The van der Waals surface area contributed by atoms with Crippen molar-refractivity contribution in [1.82, 2.24) is 20.2 Å². The number of hydrogen-bond acceptors (Lipinski definition) is 11. The molecule has 10 rings (SSSR count). The van der Waals surface area contributed by atoms with Gasteiger partial charge in [0.15, 0.2) is 0 Å². The van der Waals surface area contributed by atoms with Gasteiger partial charge in [0, 0.05) is 12.4 Å². The second kappa shape index (κ2) is 19.6. The van der Waals surface area contributed by atoms with E-state index in [9.17, 15) is 14.2 Å². The van der Waals surface area contributed by atoms with Crippen LogP contribution in [0.4, 0.5) is 0 Å². The number of nitrogens with zero attached hydrogens (tertiary/aromatic N) is 2. The van der Waals surface area contributed by atoms with Crippen molar-refractivity contribution in [3.05, 3.63) is 167 Å². The van der Waals surface area contributed by atoms with Crippen LogP contribution in [-0.4, -0.2) is 64.9 Å². The average Bonchev–Trinajstić information content (AvgIpc) is 3.98. The van der Waals surface area contributed by atoms with Crippen LogP contribution in [0, 0.1) is 17.3 Å². The van der Waals surface area contributed by atoms with Crippen LogP contribution in [0.15, 0.2) is 134 Å². The molecule has 364 valence electrons. The number of rotatable bonds is 17. The Balaban J connectivity index is 1.06. The predicted molar refractivity (Wildman–Crippen MR) is 265 cm³/mol. The first-order valence-corrected chi connectivity index (χ1v) is 25.3. The van der Waals surface area contributed by atoms with E-state index in [1.54, 1.807) is 86.2 Å².